The Hall–Kier alpha value is -2.52. The van der Waals surface area contributed by atoms with Crippen LogP contribution in [-0.2, 0) is 0 Å². The van der Waals surface area contributed by atoms with Crippen LogP contribution in [0.15, 0.2) is 30.9 Å². The third kappa shape index (κ3) is 3.22. The molecule has 1 unspecified atom stereocenters. The molecule has 1 saturated heterocycles. The van der Waals surface area contributed by atoms with Gasteiger partial charge in [-0.1, -0.05) is 0 Å². The second-order valence-electron chi connectivity index (χ2n) is 5.33. The molecule has 128 valence electrons. The van der Waals surface area contributed by atoms with E-state index >= 15 is 0 Å². The van der Waals surface area contributed by atoms with Gasteiger partial charge in [0.1, 0.15) is 18.3 Å². The van der Waals surface area contributed by atoms with Crippen LogP contribution in [-0.4, -0.2) is 49.6 Å². The quantitative estimate of drug-likeness (QED) is 0.651. The largest absolute Gasteiger partial charge is 0.334 e. The number of rotatable bonds is 4. The molecular formula is C14H17ClN6O3. The van der Waals surface area contributed by atoms with Gasteiger partial charge in [-0.2, -0.15) is 5.10 Å². The summed E-state index contributed by atoms with van der Waals surface area (Å²) >= 11 is 0. The zero-order valence-corrected chi connectivity index (χ0v) is 13.6. The van der Waals surface area contributed by atoms with Crippen molar-refractivity contribution < 1.29 is 9.72 Å². The first-order valence-electron chi connectivity index (χ1n) is 7.26. The Balaban J connectivity index is 0.00000208. The average Bonchev–Trinajstić information content (AvgIpc) is 3.24. The molecule has 1 aromatic carbocycles. The molecule has 9 nitrogen and oxygen atoms in total. The Morgan fingerprint density at radius 2 is 2.25 bits per heavy atom. The number of aromatic nitrogens is 3. The molecule has 0 radical (unpaired) electrons. The molecule has 1 fully saturated rings. The van der Waals surface area contributed by atoms with Crippen LogP contribution >= 0.6 is 12.4 Å². The minimum atomic E-state index is -0.530. The highest BCUT2D eigenvalue weighted by Gasteiger charge is 2.29. The van der Waals surface area contributed by atoms with Gasteiger partial charge in [0.15, 0.2) is 0 Å². The van der Waals surface area contributed by atoms with E-state index in [1.807, 2.05) is 0 Å². The van der Waals surface area contributed by atoms with E-state index in [0.29, 0.717) is 13.1 Å². The van der Waals surface area contributed by atoms with Gasteiger partial charge in [-0.05, 0) is 25.0 Å². The molecule has 1 aliphatic rings. The van der Waals surface area contributed by atoms with Gasteiger partial charge in [-0.25, -0.2) is 9.67 Å². The predicted molar refractivity (Wildman–Crippen MR) is 88.4 cm³/mol. The second kappa shape index (κ2) is 7.37. The number of nitrogens with zero attached hydrogens (tertiary/aromatic N) is 5. The summed E-state index contributed by atoms with van der Waals surface area (Å²) in [5, 5.41) is 15.2. The van der Waals surface area contributed by atoms with Crippen molar-refractivity contribution in [3.05, 3.63) is 46.5 Å². The van der Waals surface area contributed by atoms with Crippen molar-refractivity contribution in [3.8, 4) is 5.69 Å². The SMILES string of the molecule is Cl.NCC1CCCN1C(=O)c1ccc(-n2cncn2)c([N+](=O)[O-])c1. The summed E-state index contributed by atoms with van der Waals surface area (Å²) in [7, 11) is 0. The summed E-state index contributed by atoms with van der Waals surface area (Å²) in [5.41, 5.74) is 6.04. The van der Waals surface area contributed by atoms with E-state index in [0.717, 1.165) is 12.8 Å². The van der Waals surface area contributed by atoms with Crippen LogP contribution in [0.5, 0.6) is 0 Å². The Morgan fingerprint density at radius 1 is 1.46 bits per heavy atom. The topological polar surface area (TPSA) is 120 Å². The maximum atomic E-state index is 12.6. The minimum absolute atomic E-state index is 0. The first-order valence-corrected chi connectivity index (χ1v) is 7.26. The van der Waals surface area contributed by atoms with Crippen molar-refractivity contribution in [2.75, 3.05) is 13.1 Å². The predicted octanol–water partition coefficient (Wildman–Crippen LogP) is 1.16. The molecule has 1 aromatic heterocycles. The highest BCUT2D eigenvalue weighted by atomic mass is 35.5. The fourth-order valence-corrected chi connectivity index (χ4v) is 2.84. The van der Waals surface area contributed by atoms with Gasteiger partial charge in [-0.15, -0.1) is 12.4 Å². The lowest BCUT2D eigenvalue weighted by Gasteiger charge is -2.23. The van der Waals surface area contributed by atoms with E-state index in [2.05, 4.69) is 10.1 Å². The number of carbonyl (C=O) groups excluding carboxylic acids is 1. The van der Waals surface area contributed by atoms with Crippen molar-refractivity contribution in [2.24, 2.45) is 5.73 Å². The molecule has 10 heteroatoms. The molecular weight excluding hydrogens is 336 g/mol. The molecule has 0 spiro atoms. The van der Waals surface area contributed by atoms with Gasteiger partial charge in [-0.3, -0.25) is 14.9 Å². The van der Waals surface area contributed by atoms with Gasteiger partial charge in [0.2, 0.25) is 0 Å². The van der Waals surface area contributed by atoms with Crippen molar-refractivity contribution in [1.29, 1.82) is 0 Å². The number of benzene rings is 1. The van der Waals surface area contributed by atoms with E-state index < -0.39 is 4.92 Å². The number of amides is 1. The van der Waals surface area contributed by atoms with Crippen LogP contribution in [0.1, 0.15) is 23.2 Å². The number of nitrogens with two attached hydrogens (primary N) is 1. The highest BCUT2D eigenvalue weighted by molar-refractivity contribution is 5.95. The maximum Gasteiger partial charge on any atom is 0.295 e. The number of nitro benzene ring substituents is 1. The van der Waals surface area contributed by atoms with Crippen LogP contribution in [0.4, 0.5) is 5.69 Å². The third-order valence-corrected chi connectivity index (χ3v) is 3.99. The lowest BCUT2D eigenvalue weighted by molar-refractivity contribution is -0.384. The normalized spacial score (nSPS) is 16.7. The molecule has 0 bridgehead atoms. The van der Waals surface area contributed by atoms with E-state index in [9.17, 15) is 14.9 Å². The molecule has 24 heavy (non-hydrogen) atoms. The minimum Gasteiger partial charge on any atom is -0.334 e. The Kier molecular flexibility index (Phi) is 5.47. The summed E-state index contributed by atoms with van der Waals surface area (Å²) in [5.74, 6) is -0.230. The van der Waals surface area contributed by atoms with Crippen LogP contribution in [0, 0.1) is 10.1 Å². The lowest BCUT2D eigenvalue weighted by atomic mass is 10.1. The molecule has 0 aliphatic carbocycles. The number of hydrogen-bond acceptors (Lipinski definition) is 6. The Bertz CT molecular complexity index is 736. The number of nitro groups is 1. The van der Waals surface area contributed by atoms with Gasteiger partial charge in [0.05, 0.1) is 4.92 Å². The second-order valence-corrected chi connectivity index (χ2v) is 5.33. The summed E-state index contributed by atoms with van der Waals surface area (Å²) in [6.45, 7) is 1.02. The summed E-state index contributed by atoms with van der Waals surface area (Å²) < 4.78 is 1.30. The van der Waals surface area contributed by atoms with Crippen LogP contribution in [0.25, 0.3) is 5.69 Å². The first-order chi connectivity index (χ1) is 11.1. The molecule has 1 atom stereocenters. The Morgan fingerprint density at radius 3 is 2.88 bits per heavy atom. The number of halogens is 1. The highest BCUT2D eigenvalue weighted by Crippen LogP contribution is 2.26. The van der Waals surface area contributed by atoms with Crippen LogP contribution < -0.4 is 5.73 Å². The van der Waals surface area contributed by atoms with E-state index in [4.69, 9.17) is 5.73 Å². The molecule has 1 amide bonds. The van der Waals surface area contributed by atoms with E-state index in [1.165, 1.54) is 29.5 Å². The van der Waals surface area contributed by atoms with Crippen LogP contribution in [0.3, 0.4) is 0 Å². The summed E-state index contributed by atoms with van der Waals surface area (Å²) in [6, 6.07) is 4.35. The van der Waals surface area contributed by atoms with Gasteiger partial charge in [0, 0.05) is 30.8 Å². The summed E-state index contributed by atoms with van der Waals surface area (Å²) in [4.78, 5) is 28.9. The fourth-order valence-electron chi connectivity index (χ4n) is 2.84. The van der Waals surface area contributed by atoms with Crippen LogP contribution in [0.2, 0.25) is 0 Å². The molecule has 2 N–H and O–H groups in total. The van der Waals surface area contributed by atoms with Crippen molar-refractivity contribution >= 4 is 24.0 Å². The van der Waals surface area contributed by atoms with Crippen molar-refractivity contribution in [1.82, 2.24) is 19.7 Å². The van der Waals surface area contributed by atoms with E-state index in [-0.39, 0.29) is 41.3 Å². The number of likely N-dealkylation sites (tertiary alicyclic amines) is 1. The monoisotopic (exact) mass is 352 g/mol. The van der Waals surface area contributed by atoms with E-state index in [1.54, 1.807) is 11.0 Å². The van der Waals surface area contributed by atoms with Gasteiger partial charge < -0.3 is 10.6 Å². The molecule has 1 aliphatic heterocycles. The molecule has 2 aromatic rings. The smallest absolute Gasteiger partial charge is 0.295 e. The lowest BCUT2D eigenvalue weighted by Crippen LogP contribution is -2.39. The zero-order valence-electron chi connectivity index (χ0n) is 12.7. The molecule has 3 rings (SSSR count). The number of hydrogen-bond donors (Lipinski definition) is 1. The third-order valence-electron chi connectivity index (χ3n) is 3.99. The first kappa shape index (κ1) is 17.8. The standard InChI is InChI=1S/C14H16N6O3.ClH/c15-7-11-2-1-5-18(11)14(21)10-3-4-12(13(6-10)20(22)23)19-9-16-8-17-19;/h3-4,6,8-9,11H,1-2,5,7,15H2;1H. The van der Waals surface area contributed by atoms with Crippen molar-refractivity contribution in [2.45, 2.75) is 18.9 Å². The van der Waals surface area contributed by atoms with Crippen molar-refractivity contribution in [3.63, 3.8) is 0 Å². The Labute approximate surface area is 144 Å². The van der Waals surface area contributed by atoms with Gasteiger partial charge in [0.25, 0.3) is 11.6 Å². The molecule has 0 saturated carbocycles. The molecule has 2 heterocycles. The summed E-state index contributed by atoms with van der Waals surface area (Å²) in [6.07, 6.45) is 4.42. The number of carbonyl (C=O) groups is 1. The zero-order chi connectivity index (χ0) is 16.4. The fraction of sp³-hybridized carbons (Fsp3) is 0.357. The van der Waals surface area contributed by atoms with Gasteiger partial charge >= 0.3 is 0 Å². The average molecular weight is 353 g/mol. The maximum absolute atomic E-state index is 12.6.